The molecule has 2 unspecified atom stereocenters. The van der Waals surface area contributed by atoms with Crippen molar-refractivity contribution in [3.05, 3.63) is 0 Å². The van der Waals surface area contributed by atoms with E-state index >= 15 is 0 Å². The summed E-state index contributed by atoms with van der Waals surface area (Å²) < 4.78 is 11.3. The van der Waals surface area contributed by atoms with Gasteiger partial charge in [0.25, 0.3) is 0 Å². The van der Waals surface area contributed by atoms with Crippen LogP contribution in [0.3, 0.4) is 0 Å². The van der Waals surface area contributed by atoms with Gasteiger partial charge in [-0.15, -0.1) is 0 Å². The summed E-state index contributed by atoms with van der Waals surface area (Å²) in [7, 11) is 2.13. The van der Waals surface area contributed by atoms with Gasteiger partial charge in [-0.2, -0.15) is 0 Å². The normalized spacial score (nSPS) is 37.6. The highest BCUT2D eigenvalue weighted by Crippen LogP contribution is 2.11. The van der Waals surface area contributed by atoms with Gasteiger partial charge >= 0.3 is 0 Å². The Morgan fingerprint density at radius 3 is 2.77 bits per heavy atom. The van der Waals surface area contributed by atoms with Gasteiger partial charge in [0, 0.05) is 26.2 Å². The zero-order chi connectivity index (χ0) is 9.10. The van der Waals surface area contributed by atoms with Crippen molar-refractivity contribution >= 4 is 0 Å². The largest absolute Gasteiger partial charge is 0.373 e. The first-order valence-electron chi connectivity index (χ1n) is 4.99. The molecule has 0 radical (unpaired) electrons. The highest BCUT2D eigenvalue weighted by atomic mass is 16.5. The van der Waals surface area contributed by atoms with E-state index < -0.39 is 0 Å². The molecule has 2 rings (SSSR count). The maximum atomic E-state index is 5.68. The third-order valence-electron chi connectivity index (χ3n) is 2.67. The lowest BCUT2D eigenvalue weighted by molar-refractivity contribution is -0.115. The number of nitrogens with one attached hydrogen (secondary N) is 1. The Kier molecular flexibility index (Phi) is 3.16. The summed E-state index contributed by atoms with van der Waals surface area (Å²) in [5, 5.41) is 3.32. The van der Waals surface area contributed by atoms with E-state index in [0.29, 0.717) is 0 Å². The van der Waals surface area contributed by atoms with Gasteiger partial charge in [0.1, 0.15) is 0 Å². The minimum atomic E-state index is 0.247. The van der Waals surface area contributed by atoms with Crippen molar-refractivity contribution in [3.8, 4) is 0 Å². The molecule has 0 spiro atoms. The first-order valence-corrected chi connectivity index (χ1v) is 4.99. The minimum Gasteiger partial charge on any atom is -0.373 e. The summed E-state index contributed by atoms with van der Waals surface area (Å²) in [6.07, 6.45) is 0.503. The molecule has 2 heterocycles. The van der Waals surface area contributed by atoms with E-state index in [0.717, 1.165) is 39.4 Å². The van der Waals surface area contributed by atoms with Crippen LogP contribution in [0.25, 0.3) is 0 Å². The topological polar surface area (TPSA) is 33.7 Å². The van der Waals surface area contributed by atoms with Crippen LogP contribution in [0.5, 0.6) is 0 Å². The molecule has 2 aliphatic heterocycles. The third-order valence-corrected chi connectivity index (χ3v) is 2.67. The first-order chi connectivity index (χ1) is 6.36. The number of ether oxygens (including phenoxy) is 2. The van der Waals surface area contributed by atoms with E-state index in [-0.39, 0.29) is 12.2 Å². The van der Waals surface area contributed by atoms with E-state index in [1.165, 1.54) is 0 Å². The number of nitrogens with zero attached hydrogens (tertiary/aromatic N) is 1. The average molecular weight is 186 g/mol. The lowest BCUT2D eigenvalue weighted by atomic mass is 10.1. The van der Waals surface area contributed by atoms with E-state index in [4.69, 9.17) is 9.47 Å². The molecule has 0 aliphatic carbocycles. The Labute approximate surface area is 79.2 Å². The minimum absolute atomic E-state index is 0.247. The second-order valence-electron chi connectivity index (χ2n) is 3.78. The average Bonchev–Trinajstić information content (AvgIpc) is 2.19. The van der Waals surface area contributed by atoms with Gasteiger partial charge in [-0.05, 0) is 7.05 Å². The molecule has 0 aromatic carbocycles. The van der Waals surface area contributed by atoms with Crippen LogP contribution in [0, 0.1) is 0 Å². The van der Waals surface area contributed by atoms with E-state index in [9.17, 15) is 0 Å². The Hall–Kier alpha value is -0.160. The molecule has 2 aliphatic rings. The second-order valence-corrected chi connectivity index (χ2v) is 3.78. The van der Waals surface area contributed by atoms with Crippen molar-refractivity contribution in [2.24, 2.45) is 0 Å². The fourth-order valence-electron chi connectivity index (χ4n) is 1.86. The Morgan fingerprint density at radius 1 is 1.23 bits per heavy atom. The zero-order valence-corrected chi connectivity index (χ0v) is 8.16. The molecule has 2 atom stereocenters. The maximum Gasteiger partial charge on any atom is 0.0976 e. The quantitative estimate of drug-likeness (QED) is 0.587. The van der Waals surface area contributed by atoms with Crippen LogP contribution in [0.15, 0.2) is 0 Å². The zero-order valence-electron chi connectivity index (χ0n) is 8.16. The second kappa shape index (κ2) is 4.37. The third kappa shape index (κ3) is 2.40. The number of morpholine rings is 2. The van der Waals surface area contributed by atoms with Crippen molar-refractivity contribution in [1.82, 2.24) is 10.2 Å². The molecule has 4 heteroatoms. The molecule has 0 aromatic rings. The Balaban J connectivity index is 1.83. The molecule has 2 saturated heterocycles. The SMILES string of the molecule is CN1CCOC(C2CNCCO2)C1. The molecular weight excluding hydrogens is 168 g/mol. The summed E-state index contributed by atoms with van der Waals surface area (Å²) in [6.45, 7) is 5.58. The number of hydrogen-bond acceptors (Lipinski definition) is 4. The lowest BCUT2D eigenvalue weighted by Crippen LogP contribution is -2.52. The van der Waals surface area contributed by atoms with Crippen LogP contribution in [0.4, 0.5) is 0 Å². The van der Waals surface area contributed by atoms with Gasteiger partial charge in [-0.1, -0.05) is 0 Å². The van der Waals surface area contributed by atoms with Crippen LogP contribution in [-0.4, -0.2) is 63.5 Å². The van der Waals surface area contributed by atoms with Gasteiger partial charge < -0.3 is 19.7 Å². The molecule has 0 saturated carbocycles. The highest BCUT2D eigenvalue weighted by molar-refractivity contribution is 4.81. The van der Waals surface area contributed by atoms with Crippen LogP contribution in [0.2, 0.25) is 0 Å². The van der Waals surface area contributed by atoms with Crippen LogP contribution >= 0.6 is 0 Å². The summed E-state index contributed by atoms with van der Waals surface area (Å²) in [5.41, 5.74) is 0. The molecule has 2 fully saturated rings. The van der Waals surface area contributed by atoms with Crippen molar-refractivity contribution in [2.75, 3.05) is 46.4 Å². The van der Waals surface area contributed by atoms with Crippen molar-refractivity contribution in [2.45, 2.75) is 12.2 Å². The number of rotatable bonds is 1. The highest BCUT2D eigenvalue weighted by Gasteiger charge is 2.28. The van der Waals surface area contributed by atoms with Crippen molar-refractivity contribution < 1.29 is 9.47 Å². The summed E-state index contributed by atoms with van der Waals surface area (Å²) in [4.78, 5) is 2.30. The summed E-state index contributed by atoms with van der Waals surface area (Å²) in [5.74, 6) is 0. The predicted octanol–water partition coefficient (Wildman–Crippen LogP) is -0.695. The van der Waals surface area contributed by atoms with Crippen LogP contribution in [0.1, 0.15) is 0 Å². The van der Waals surface area contributed by atoms with Gasteiger partial charge in [-0.25, -0.2) is 0 Å². The standard InChI is InChI=1S/C9H18N2O2/c1-11-3-5-13-9(7-11)8-6-10-2-4-12-8/h8-10H,2-7H2,1H3. The number of likely N-dealkylation sites (N-methyl/N-ethyl adjacent to an activating group) is 1. The molecule has 13 heavy (non-hydrogen) atoms. The lowest BCUT2D eigenvalue weighted by Gasteiger charge is -2.36. The van der Waals surface area contributed by atoms with E-state index in [2.05, 4.69) is 17.3 Å². The Morgan fingerprint density at radius 2 is 2.08 bits per heavy atom. The van der Waals surface area contributed by atoms with Gasteiger partial charge in [0.15, 0.2) is 0 Å². The molecule has 76 valence electrons. The monoisotopic (exact) mass is 186 g/mol. The van der Waals surface area contributed by atoms with Gasteiger partial charge in [0.2, 0.25) is 0 Å². The van der Waals surface area contributed by atoms with Gasteiger partial charge in [-0.3, -0.25) is 0 Å². The van der Waals surface area contributed by atoms with Gasteiger partial charge in [0.05, 0.1) is 25.4 Å². The Bertz CT molecular complexity index is 160. The molecule has 0 bridgehead atoms. The van der Waals surface area contributed by atoms with Crippen molar-refractivity contribution in [3.63, 3.8) is 0 Å². The first kappa shape index (κ1) is 9.40. The smallest absolute Gasteiger partial charge is 0.0976 e. The maximum absolute atomic E-state index is 5.68. The molecular formula is C9H18N2O2. The molecule has 0 aromatic heterocycles. The van der Waals surface area contributed by atoms with Crippen LogP contribution < -0.4 is 5.32 Å². The fourth-order valence-corrected chi connectivity index (χ4v) is 1.86. The van der Waals surface area contributed by atoms with E-state index in [1.54, 1.807) is 0 Å². The van der Waals surface area contributed by atoms with Crippen molar-refractivity contribution in [1.29, 1.82) is 0 Å². The molecule has 1 N–H and O–H groups in total. The summed E-state index contributed by atoms with van der Waals surface area (Å²) >= 11 is 0. The van der Waals surface area contributed by atoms with E-state index in [1.807, 2.05) is 0 Å². The number of hydrogen-bond donors (Lipinski definition) is 1. The summed E-state index contributed by atoms with van der Waals surface area (Å²) in [6, 6.07) is 0. The fraction of sp³-hybridized carbons (Fsp3) is 1.00. The molecule has 4 nitrogen and oxygen atoms in total. The van der Waals surface area contributed by atoms with Crippen LogP contribution in [-0.2, 0) is 9.47 Å². The molecule has 0 amide bonds. The predicted molar refractivity (Wildman–Crippen MR) is 49.8 cm³/mol.